The average Bonchev–Trinajstić information content (AvgIpc) is 2.92. The van der Waals surface area contributed by atoms with Gasteiger partial charge in [-0.25, -0.2) is 9.97 Å². The largest absolute Gasteiger partial charge is 0.497 e. The first-order valence-corrected chi connectivity index (χ1v) is 12.2. The molecule has 0 bridgehead atoms. The topological polar surface area (TPSA) is 89.1 Å². The molecular formula is C25H29N5O4S. The minimum atomic E-state index is -0.169. The molecule has 1 aromatic heterocycles. The fourth-order valence-electron chi connectivity index (χ4n) is 3.86. The zero-order valence-electron chi connectivity index (χ0n) is 20.1. The second-order valence-corrected chi connectivity index (χ2v) is 8.69. The number of anilines is 3. The van der Waals surface area contributed by atoms with E-state index in [-0.39, 0.29) is 11.7 Å². The van der Waals surface area contributed by atoms with E-state index in [4.69, 9.17) is 14.2 Å². The number of piperazine rings is 1. The Morgan fingerprint density at radius 3 is 2.43 bits per heavy atom. The lowest BCUT2D eigenvalue weighted by molar-refractivity contribution is -0.113. The van der Waals surface area contributed by atoms with E-state index in [0.717, 1.165) is 43.4 Å². The second kappa shape index (κ2) is 11.7. The lowest BCUT2D eigenvalue weighted by atomic mass is 10.2. The van der Waals surface area contributed by atoms with Gasteiger partial charge in [0.25, 0.3) is 0 Å². The molecule has 0 saturated carbocycles. The fourth-order valence-corrected chi connectivity index (χ4v) is 4.49. The van der Waals surface area contributed by atoms with Crippen LogP contribution in [0.2, 0.25) is 0 Å². The van der Waals surface area contributed by atoms with Gasteiger partial charge >= 0.3 is 0 Å². The van der Waals surface area contributed by atoms with E-state index in [9.17, 15) is 4.79 Å². The molecule has 10 heteroatoms. The lowest BCUT2D eigenvalue weighted by Crippen LogP contribution is -2.47. The van der Waals surface area contributed by atoms with Crippen LogP contribution >= 0.6 is 11.8 Å². The predicted molar refractivity (Wildman–Crippen MR) is 138 cm³/mol. The Labute approximate surface area is 209 Å². The number of aromatic nitrogens is 2. The van der Waals surface area contributed by atoms with Crippen LogP contribution in [0, 0.1) is 0 Å². The van der Waals surface area contributed by atoms with Gasteiger partial charge in [-0.15, -0.1) is 0 Å². The number of nitrogens with one attached hydrogen (secondary N) is 1. The molecule has 0 atom stereocenters. The normalized spacial score (nSPS) is 13.3. The summed E-state index contributed by atoms with van der Waals surface area (Å²) in [4.78, 5) is 26.1. The average molecular weight is 496 g/mol. The van der Waals surface area contributed by atoms with Crippen LogP contribution < -0.4 is 29.3 Å². The van der Waals surface area contributed by atoms with Crippen molar-refractivity contribution in [2.45, 2.75) is 5.16 Å². The van der Waals surface area contributed by atoms with Gasteiger partial charge in [0.1, 0.15) is 23.1 Å². The molecule has 184 valence electrons. The van der Waals surface area contributed by atoms with Gasteiger partial charge in [-0.1, -0.05) is 23.9 Å². The number of amides is 1. The molecule has 1 saturated heterocycles. The molecule has 2 heterocycles. The van der Waals surface area contributed by atoms with Crippen molar-refractivity contribution in [2.75, 3.05) is 68.4 Å². The molecule has 1 N–H and O–H groups in total. The maximum atomic E-state index is 12.5. The van der Waals surface area contributed by atoms with E-state index < -0.39 is 0 Å². The van der Waals surface area contributed by atoms with E-state index in [1.807, 2.05) is 24.3 Å². The van der Waals surface area contributed by atoms with Gasteiger partial charge in [-0.05, 0) is 30.3 Å². The number of methoxy groups -OCH3 is 3. The van der Waals surface area contributed by atoms with Crippen molar-refractivity contribution in [1.82, 2.24) is 9.97 Å². The summed E-state index contributed by atoms with van der Waals surface area (Å²) in [6.07, 6.45) is 1.74. The number of nitrogens with zero attached hydrogens (tertiary/aromatic N) is 4. The summed E-state index contributed by atoms with van der Waals surface area (Å²) >= 11 is 1.30. The molecule has 0 aliphatic carbocycles. The highest BCUT2D eigenvalue weighted by Crippen LogP contribution is 2.30. The monoisotopic (exact) mass is 495 g/mol. The maximum absolute atomic E-state index is 12.5. The molecule has 4 rings (SSSR count). The fraction of sp³-hybridized carbons (Fsp3) is 0.320. The summed E-state index contributed by atoms with van der Waals surface area (Å²) in [5, 5.41) is 3.43. The molecule has 0 radical (unpaired) electrons. The summed E-state index contributed by atoms with van der Waals surface area (Å²) < 4.78 is 16.0. The molecule has 9 nitrogen and oxygen atoms in total. The van der Waals surface area contributed by atoms with Crippen LogP contribution in [-0.2, 0) is 4.79 Å². The van der Waals surface area contributed by atoms with E-state index in [2.05, 4.69) is 31.2 Å². The van der Waals surface area contributed by atoms with Gasteiger partial charge < -0.3 is 29.3 Å². The summed E-state index contributed by atoms with van der Waals surface area (Å²) in [6.45, 7) is 3.38. The van der Waals surface area contributed by atoms with Gasteiger partial charge in [-0.3, -0.25) is 4.79 Å². The Hall–Kier alpha value is -3.66. The third kappa shape index (κ3) is 6.07. The van der Waals surface area contributed by atoms with Crippen LogP contribution in [0.1, 0.15) is 0 Å². The Morgan fingerprint density at radius 2 is 1.69 bits per heavy atom. The Bertz CT molecular complexity index is 1150. The molecular weight excluding hydrogens is 466 g/mol. The smallest absolute Gasteiger partial charge is 0.234 e. The van der Waals surface area contributed by atoms with E-state index in [1.165, 1.54) is 11.8 Å². The number of benzene rings is 2. The number of hydrogen-bond donors (Lipinski definition) is 1. The van der Waals surface area contributed by atoms with Crippen LogP contribution in [0.15, 0.2) is 59.9 Å². The minimum Gasteiger partial charge on any atom is -0.497 e. The highest BCUT2D eigenvalue weighted by atomic mass is 32.2. The lowest BCUT2D eigenvalue weighted by Gasteiger charge is -2.37. The molecule has 1 amide bonds. The van der Waals surface area contributed by atoms with E-state index in [1.54, 1.807) is 45.7 Å². The van der Waals surface area contributed by atoms with Crippen LogP contribution in [0.3, 0.4) is 0 Å². The number of rotatable bonds is 9. The van der Waals surface area contributed by atoms with Crippen molar-refractivity contribution in [3.05, 3.63) is 54.7 Å². The van der Waals surface area contributed by atoms with Crippen molar-refractivity contribution in [1.29, 1.82) is 0 Å². The third-order valence-corrected chi connectivity index (χ3v) is 6.52. The zero-order valence-corrected chi connectivity index (χ0v) is 20.9. The highest BCUT2D eigenvalue weighted by molar-refractivity contribution is 7.99. The Kier molecular flexibility index (Phi) is 8.15. The third-order valence-electron chi connectivity index (χ3n) is 5.66. The van der Waals surface area contributed by atoms with Crippen LogP contribution in [0.5, 0.6) is 17.2 Å². The number of hydrogen-bond acceptors (Lipinski definition) is 9. The molecule has 3 aromatic rings. The number of carbonyl (C=O) groups excluding carboxylic acids is 1. The maximum Gasteiger partial charge on any atom is 0.234 e. The second-order valence-electron chi connectivity index (χ2n) is 7.75. The summed E-state index contributed by atoms with van der Waals surface area (Å²) in [5.74, 6) is 2.95. The van der Waals surface area contributed by atoms with Gasteiger partial charge in [0.15, 0.2) is 5.16 Å². The Balaban J connectivity index is 1.32. The van der Waals surface area contributed by atoms with Gasteiger partial charge in [0.05, 0.1) is 38.5 Å². The van der Waals surface area contributed by atoms with E-state index >= 15 is 0 Å². The highest BCUT2D eigenvalue weighted by Gasteiger charge is 2.21. The van der Waals surface area contributed by atoms with Gasteiger partial charge in [0.2, 0.25) is 5.91 Å². The number of thioether (sulfide) groups is 1. The van der Waals surface area contributed by atoms with Crippen LogP contribution in [-0.4, -0.2) is 69.1 Å². The first-order chi connectivity index (χ1) is 17.1. The first-order valence-electron chi connectivity index (χ1n) is 11.2. The number of carbonyl (C=O) groups is 1. The van der Waals surface area contributed by atoms with Crippen molar-refractivity contribution in [3.8, 4) is 17.2 Å². The van der Waals surface area contributed by atoms with Crippen molar-refractivity contribution in [3.63, 3.8) is 0 Å². The van der Waals surface area contributed by atoms with Crippen molar-refractivity contribution in [2.24, 2.45) is 0 Å². The van der Waals surface area contributed by atoms with Crippen LogP contribution in [0.4, 0.5) is 17.2 Å². The standard InChI is InChI=1S/C25H29N5O4S/c1-32-18-8-9-19(22(16-18)34-3)27-24(31)17-35-25-26-11-10-23(28-25)30-14-12-29(13-15-30)20-6-4-5-7-21(20)33-2/h4-11,16H,12-15,17H2,1-3H3,(H,27,31). The summed E-state index contributed by atoms with van der Waals surface area (Å²) in [7, 11) is 4.83. The number of ether oxygens (including phenoxy) is 3. The summed E-state index contributed by atoms with van der Waals surface area (Å²) in [6, 6.07) is 15.2. The van der Waals surface area contributed by atoms with Gasteiger partial charge in [-0.2, -0.15) is 0 Å². The van der Waals surface area contributed by atoms with Crippen molar-refractivity contribution >= 4 is 34.9 Å². The predicted octanol–water partition coefficient (Wildman–Crippen LogP) is 3.56. The summed E-state index contributed by atoms with van der Waals surface area (Å²) in [5.41, 5.74) is 1.69. The molecule has 0 unspecified atom stereocenters. The zero-order chi connectivity index (χ0) is 24.6. The van der Waals surface area contributed by atoms with Crippen LogP contribution in [0.25, 0.3) is 0 Å². The Morgan fingerprint density at radius 1 is 0.943 bits per heavy atom. The molecule has 1 aliphatic heterocycles. The first kappa shape index (κ1) is 24.5. The minimum absolute atomic E-state index is 0.169. The SMILES string of the molecule is COc1ccc(NC(=O)CSc2nccc(N3CCN(c4ccccc4OC)CC3)n2)c(OC)c1. The molecule has 35 heavy (non-hydrogen) atoms. The van der Waals surface area contributed by atoms with Gasteiger partial charge in [0, 0.05) is 38.4 Å². The molecule has 1 fully saturated rings. The van der Waals surface area contributed by atoms with E-state index in [0.29, 0.717) is 22.3 Å². The molecule has 0 spiro atoms. The molecule has 2 aromatic carbocycles. The van der Waals surface area contributed by atoms with Crippen molar-refractivity contribution < 1.29 is 19.0 Å². The quantitative estimate of drug-likeness (QED) is 0.354. The molecule has 1 aliphatic rings. The number of para-hydroxylation sites is 2.